The lowest BCUT2D eigenvalue weighted by molar-refractivity contribution is -0.170. The number of benzene rings is 2. The molecule has 0 unspecified atom stereocenters. The van der Waals surface area contributed by atoms with Gasteiger partial charge < -0.3 is 35.4 Å². The Bertz CT molecular complexity index is 1240. The zero-order chi connectivity index (χ0) is 31.6. The largest absolute Gasteiger partial charge is 0.508 e. The minimum absolute atomic E-state index is 0.397. The number of carbonyl (C=O) groups is 3. The van der Waals surface area contributed by atoms with E-state index in [-0.39, 0.29) is 0 Å². The van der Waals surface area contributed by atoms with Gasteiger partial charge in [-0.15, -0.1) is 0 Å². The number of aliphatic hydroxyl groups is 2. The normalized spacial score (nSPS) is 17.4. The highest BCUT2D eigenvalue weighted by molar-refractivity contribution is 5.88. The van der Waals surface area contributed by atoms with Crippen LogP contribution < -0.4 is 4.74 Å². The van der Waals surface area contributed by atoms with Crippen molar-refractivity contribution in [3.05, 3.63) is 59.2 Å². The third-order valence-corrected chi connectivity index (χ3v) is 7.97. The first-order valence-corrected chi connectivity index (χ1v) is 14.4. The summed E-state index contributed by atoms with van der Waals surface area (Å²) in [7, 11) is 1.66. The second kappa shape index (κ2) is 15.1. The minimum atomic E-state index is -2.74. The van der Waals surface area contributed by atoms with Crippen molar-refractivity contribution in [2.45, 2.75) is 69.2 Å². The maximum atomic E-state index is 11.3. The predicted molar refractivity (Wildman–Crippen MR) is 156 cm³/mol. The van der Waals surface area contributed by atoms with E-state index in [1.165, 1.54) is 24.8 Å². The fourth-order valence-corrected chi connectivity index (χ4v) is 5.57. The number of hydrogen-bond donors (Lipinski definition) is 6. The summed E-state index contributed by atoms with van der Waals surface area (Å²) in [5.74, 6) is -3.86. The van der Waals surface area contributed by atoms with Gasteiger partial charge in [0.15, 0.2) is 5.60 Å². The van der Waals surface area contributed by atoms with Crippen LogP contribution in [0.1, 0.15) is 61.6 Å². The molecule has 236 valence electrons. The summed E-state index contributed by atoms with van der Waals surface area (Å²) in [6.45, 7) is 5.57. The minimum Gasteiger partial charge on any atom is -0.508 e. The lowest BCUT2D eigenvalue weighted by Crippen LogP contribution is -2.42. The number of nitrogens with zero attached hydrogens (tertiary/aromatic N) is 2. The second-order valence-corrected chi connectivity index (χ2v) is 11.3. The molecule has 2 heterocycles. The van der Waals surface area contributed by atoms with Crippen LogP contribution in [0.4, 0.5) is 0 Å². The van der Waals surface area contributed by atoms with Gasteiger partial charge in [-0.1, -0.05) is 30.7 Å². The molecule has 2 fully saturated rings. The monoisotopic (exact) mass is 602 g/mol. The van der Waals surface area contributed by atoms with Crippen LogP contribution in [0, 0.1) is 0 Å². The zero-order valence-electron chi connectivity index (χ0n) is 24.4. The summed E-state index contributed by atoms with van der Waals surface area (Å²) >= 11 is 0. The Hall–Kier alpha value is -3.71. The highest BCUT2D eigenvalue weighted by Crippen LogP contribution is 2.38. The number of carboxylic acids is 3. The zero-order valence-corrected chi connectivity index (χ0v) is 24.4. The molecule has 0 aliphatic carbocycles. The number of aromatic hydroxyl groups is 1. The van der Waals surface area contributed by atoms with E-state index in [1.807, 2.05) is 36.4 Å². The molecule has 43 heavy (non-hydrogen) atoms. The average molecular weight is 603 g/mol. The van der Waals surface area contributed by atoms with Crippen LogP contribution in [-0.2, 0) is 33.1 Å². The molecule has 2 saturated heterocycles. The molecule has 0 atom stereocenters. The van der Waals surface area contributed by atoms with Crippen molar-refractivity contribution in [3.8, 4) is 11.5 Å². The Labute approximate surface area is 250 Å². The first-order chi connectivity index (χ1) is 20.3. The molecule has 12 heteroatoms. The maximum absolute atomic E-state index is 11.3. The van der Waals surface area contributed by atoms with Gasteiger partial charge in [-0.25, -0.2) is 4.79 Å². The van der Waals surface area contributed by atoms with E-state index in [2.05, 4.69) is 15.9 Å². The third kappa shape index (κ3) is 9.65. The molecular weight excluding hydrogens is 560 g/mol. The molecule has 6 N–H and O–H groups in total. The van der Waals surface area contributed by atoms with Gasteiger partial charge in [-0.2, -0.15) is 0 Å². The number of rotatable bonds is 11. The first-order valence-electron chi connectivity index (χ1n) is 14.4. The number of phenols is 1. The fourth-order valence-electron chi connectivity index (χ4n) is 5.57. The van der Waals surface area contributed by atoms with Gasteiger partial charge in [0.05, 0.1) is 25.6 Å². The smallest absolute Gasteiger partial charge is 0.336 e. The van der Waals surface area contributed by atoms with Crippen molar-refractivity contribution in [3.63, 3.8) is 0 Å². The van der Waals surface area contributed by atoms with Gasteiger partial charge in [-0.05, 0) is 62.5 Å². The van der Waals surface area contributed by atoms with Crippen LogP contribution in [0.5, 0.6) is 11.5 Å². The number of methoxy groups -OCH3 is 1. The highest BCUT2D eigenvalue weighted by atomic mass is 16.5. The van der Waals surface area contributed by atoms with Crippen LogP contribution in [0.2, 0.25) is 0 Å². The molecule has 0 aromatic heterocycles. The van der Waals surface area contributed by atoms with Gasteiger partial charge in [0.25, 0.3) is 0 Å². The summed E-state index contributed by atoms with van der Waals surface area (Å²) in [6.07, 6.45) is 2.91. The van der Waals surface area contributed by atoms with E-state index in [4.69, 9.17) is 25.2 Å². The molecule has 0 saturated carbocycles. The van der Waals surface area contributed by atoms with E-state index < -0.39 is 42.0 Å². The molecule has 0 radical (unpaired) electrons. The summed E-state index contributed by atoms with van der Waals surface area (Å²) in [6, 6.07) is 13.8. The summed E-state index contributed by atoms with van der Waals surface area (Å²) < 4.78 is 5.47. The van der Waals surface area contributed by atoms with Crippen LogP contribution in [0.3, 0.4) is 0 Å². The summed E-state index contributed by atoms with van der Waals surface area (Å²) in [5.41, 5.74) is -0.435. The first kappa shape index (κ1) is 33.8. The predicted octanol–water partition coefficient (Wildman–Crippen LogP) is 2.62. The number of likely N-dealkylation sites (tertiary alicyclic amines) is 2. The molecule has 2 aliphatic rings. The number of piperidine rings is 2. The fraction of sp³-hybridized carbons (Fsp3) is 0.516. The molecule has 0 bridgehead atoms. The summed E-state index contributed by atoms with van der Waals surface area (Å²) in [5, 5.41) is 55.4. The van der Waals surface area contributed by atoms with Crippen molar-refractivity contribution in [1.29, 1.82) is 0 Å². The molecule has 4 rings (SSSR count). The van der Waals surface area contributed by atoms with Gasteiger partial charge in [0.2, 0.25) is 0 Å². The van der Waals surface area contributed by atoms with Crippen molar-refractivity contribution in [2.75, 3.05) is 33.3 Å². The van der Waals surface area contributed by atoms with Gasteiger partial charge in [0.1, 0.15) is 11.5 Å². The average Bonchev–Trinajstić information content (AvgIpc) is 2.96. The van der Waals surface area contributed by atoms with Crippen LogP contribution in [0.15, 0.2) is 42.5 Å². The van der Waals surface area contributed by atoms with Crippen LogP contribution >= 0.6 is 0 Å². The Morgan fingerprint density at radius 2 is 1.44 bits per heavy atom. The molecule has 0 amide bonds. The highest BCUT2D eigenvalue weighted by Gasteiger charge is 2.41. The quantitative estimate of drug-likeness (QED) is 0.221. The van der Waals surface area contributed by atoms with Crippen molar-refractivity contribution < 1.29 is 49.8 Å². The van der Waals surface area contributed by atoms with Crippen molar-refractivity contribution >= 4 is 17.9 Å². The summed E-state index contributed by atoms with van der Waals surface area (Å²) in [4.78, 5) is 35.3. The Kier molecular flexibility index (Phi) is 11.9. The van der Waals surface area contributed by atoms with Crippen LogP contribution in [0.25, 0.3) is 0 Å². The van der Waals surface area contributed by atoms with Gasteiger partial charge >= 0.3 is 17.9 Å². The molecule has 2 aromatic rings. The number of carboxylic acid groups (broad SMARTS) is 3. The lowest BCUT2D eigenvalue weighted by atomic mass is 9.83. The number of phenolic OH excluding ortho intramolecular Hbond substituents is 1. The molecular formula is C31H42N2O10. The standard InChI is InChI=1S/C25H34N2O3.C6H8O7/c1-30-24-8-4-3-7-22(24)25(29)11-15-27(16-12-25)18-20-9-10-23(28)21(17-20)19-26-13-5-2-6-14-26;7-3(8)1-6(13,5(11)12)2-4(9)10/h3-4,7-10,17,28-29H,2,5-6,11-16,18-19H2,1H3;13H,1-2H2,(H,7,8)(H,9,10)(H,11,12). The third-order valence-electron chi connectivity index (χ3n) is 7.97. The second-order valence-electron chi connectivity index (χ2n) is 11.3. The van der Waals surface area contributed by atoms with E-state index >= 15 is 0 Å². The number of aliphatic carboxylic acids is 3. The van der Waals surface area contributed by atoms with E-state index in [9.17, 15) is 24.6 Å². The molecule has 2 aromatic carbocycles. The van der Waals surface area contributed by atoms with Crippen LogP contribution in [-0.4, -0.2) is 97.2 Å². The Morgan fingerprint density at radius 1 is 0.860 bits per heavy atom. The lowest BCUT2D eigenvalue weighted by Gasteiger charge is -2.39. The van der Waals surface area contributed by atoms with E-state index in [1.54, 1.807) is 7.11 Å². The molecule has 12 nitrogen and oxygen atoms in total. The molecule has 0 spiro atoms. The molecule has 2 aliphatic heterocycles. The number of hydrogen-bond acceptors (Lipinski definition) is 9. The Balaban J connectivity index is 0.000000331. The van der Waals surface area contributed by atoms with Gasteiger partial charge in [-0.3, -0.25) is 19.4 Å². The van der Waals surface area contributed by atoms with Crippen molar-refractivity contribution in [2.24, 2.45) is 0 Å². The number of ether oxygens (including phenoxy) is 1. The van der Waals surface area contributed by atoms with E-state index in [0.717, 1.165) is 56.1 Å². The topological polar surface area (TPSA) is 188 Å². The SMILES string of the molecule is COc1ccccc1C1(O)CCN(Cc2ccc(O)c(CN3CCCCC3)c2)CC1.O=C(O)CC(O)(CC(=O)O)C(=O)O. The van der Waals surface area contributed by atoms with E-state index in [0.29, 0.717) is 18.6 Å². The Morgan fingerprint density at radius 3 is 2.00 bits per heavy atom. The number of para-hydroxylation sites is 1. The van der Waals surface area contributed by atoms with Gasteiger partial charge in [0, 0.05) is 37.3 Å². The maximum Gasteiger partial charge on any atom is 0.336 e. The van der Waals surface area contributed by atoms with Crippen molar-refractivity contribution in [1.82, 2.24) is 9.80 Å².